The Morgan fingerprint density at radius 1 is 0.344 bits per heavy atom. The van der Waals surface area contributed by atoms with Gasteiger partial charge in [0.25, 0.3) is 0 Å². The third-order valence-electron chi connectivity index (χ3n) is 10.0. The molecule has 0 saturated carbocycles. The second kappa shape index (κ2) is 49.0. The standard InChI is InChI=1S/C55H90O6/c1-4-7-10-13-16-19-22-24-26-27-29-30-33-36-39-42-45-48-54(57)60-51-52(50-59-53(56)47-44-41-38-35-32-21-18-15-12-9-6-3)61-55(58)49-46-43-40-37-34-31-28-25-23-20-17-14-11-8-5-2/h7,10,15-20,24-26,28-30,36,39,52H,4-6,8-9,11-14,21-23,27,31-35,37-38,40-51H2,1-3H3/b10-7-,18-15-,19-16-,20-17-,26-24-,28-25-,30-29-,39-36-. The van der Waals surface area contributed by atoms with Gasteiger partial charge in [0.1, 0.15) is 13.2 Å². The minimum Gasteiger partial charge on any atom is -0.462 e. The summed E-state index contributed by atoms with van der Waals surface area (Å²) >= 11 is 0. The number of ether oxygens (including phenoxy) is 3. The van der Waals surface area contributed by atoms with Crippen molar-refractivity contribution in [2.24, 2.45) is 0 Å². The lowest BCUT2D eigenvalue weighted by atomic mass is 10.1. The van der Waals surface area contributed by atoms with E-state index >= 15 is 0 Å². The fourth-order valence-electron chi connectivity index (χ4n) is 6.31. The number of hydrogen-bond acceptors (Lipinski definition) is 6. The smallest absolute Gasteiger partial charge is 0.306 e. The van der Waals surface area contributed by atoms with Crippen LogP contribution in [0.15, 0.2) is 97.2 Å². The highest BCUT2D eigenvalue weighted by molar-refractivity contribution is 5.71. The highest BCUT2D eigenvalue weighted by Gasteiger charge is 2.19. The van der Waals surface area contributed by atoms with Crippen molar-refractivity contribution in [3.05, 3.63) is 97.2 Å². The first kappa shape index (κ1) is 57.3. The van der Waals surface area contributed by atoms with Crippen LogP contribution in [0, 0.1) is 0 Å². The predicted molar refractivity (Wildman–Crippen MR) is 260 cm³/mol. The third-order valence-corrected chi connectivity index (χ3v) is 10.0. The Kier molecular flexibility index (Phi) is 46.0. The van der Waals surface area contributed by atoms with Crippen LogP contribution in [-0.4, -0.2) is 37.2 Å². The van der Waals surface area contributed by atoms with Crippen LogP contribution in [-0.2, 0) is 28.6 Å². The molecule has 0 saturated heterocycles. The molecule has 1 atom stereocenters. The Labute approximate surface area is 375 Å². The van der Waals surface area contributed by atoms with Crippen LogP contribution < -0.4 is 0 Å². The topological polar surface area (TPSA) is 78.9 Å². The molecule has 0 spiro atoms. The van der Waals surface area contributed by atoms with Gasteiger partial charge in [0.05, 0.1) is 0 Å². The molecule has 0 aromatic rings. The van der Waals surface area contributed by atoms with Gasteiger partial charge in [0.15, 0.2) is 6.10 Å². The molecule has 0 fully saturated rings. The summed E-state index contributed by atoms with van der Waals surface area (Å²) in [4.78, 5) is 37.9. The maximum absolute atomic E-state index is 12.8. The second-order valence-electron chi connectivity index (χ2n) is 16.0. The van der Waals surface area contributed by atoms with Crippen LogP contribution in [0.1, 0.15) is 213 Å². The van der Waals surface area contributed by atoms with Gasteiger partial charge in [-0.1, -0.05) is 182 Å². The number of allylic oxidation sites excluding steroid dienone is 16. The third kappa shape index (κ3) is 47.2. The molecule has 1 unspecified atom stereocenters. The van der Waals surface area contributed by atoms with Crippen molar-refractivity contribution in [3.8, 4) is 0 Å². The second-order valence-corrected chi connectivity index (χ2v) is 16.0. The molecule has 0 rings (SSSR count). The van der Waals surface area contributed by atoms with E-state index in [-0.39, 0.29) is 37.5 Å². The fourth-order valence-corrected chi connectivity index (χ4v) is 6.31. The molecule has 0 radical (unpaired) electrons. The van der Waals surface area contributed by atoms with Gasteiger partial charge in [-0.2, -0.15) is 0 Å². The van der Waals surface area contributed by atoms with Crippen LogP contribution in [0.3, 0.4) is 0 Å². The van der Waals surface area contributed by atoms with Gasteiger partial charge in [-0.05, 0) is 109 Å². The fraction of sp³-hybridized carbons (Fsp3) is 0.655. The Morgan fingerprint density at radius 3 is 1.13 bits per heavy atom. The number of hydrogen-bond donors (Lipinski definition) is 0. The van der Waals surface area contributed by atoms with E-state index in [0.717, 1.165) is 116 Å². The quantitative estimate of drug-likeness (QED) is 0.0263. The summed E-state index contributed by atoms with van der Waals surface area (Å²) in [6.45, 7) is 6.37. The molecule has 0 bridgehead atoms. The molecular formula is C55H90O6. The zero-order valence-corrected chi connectivity index (χ0v) is 39.4. The van der Waals surface area contributed by atoms with Gasteiger partial charge in [-0.15, -0.1) is 0 Å². The van der Waals surface area contributed by atoms with Gasteiger partial charge < -0.3 is 14.2 Å². The zero-order chi connectivity index (χ0) is 44.4. The Bertz CT molecular complexity index is 1250. The summed E-state index contributed by atoms with van der Waals surface area (Å²) in [5.41, 5.74) is 0. The van der Waals surface area contributed by atoms with Crippen molar-refractivity contribution in [1.29, 1.82) is 0 Å². The van der Waals surface area contributed by atoms with Gasteiger partial charge in [0.2, 0.25) is 0 Å². The van der Waals surface area contributed by atoms with Gasteiger partial charge >= 0.3 is 17.9 Å². The van der Waals surface area contributed by atoms with Crippen LogP contribution >= 0.6 is 0 Å². The molecule has 6 nitrogen and oxygen atoms in total. The molecule has 0 aliphatic rings. The highest BCUT2D eigenvalue weighted by atomic mass is 16.6. The average Bonchev–Trinajstić information content (AvgIpc) is 3.26. The normalized spacial score (nSPS) is 12.9. The van der Waals surface area contributed by atoms with Crippen molar-refractivity contribution < 1.29 is 28.6 Å². The predicted octanol–water partition coefficient (Wildman–Crippen LogP) is 16.2. The molecule has 61 heavy (non-hydrogen) atoms. The SMILES string of the molecule is CC/C=C\C/C=C\C/C=C\C/C=C\C/C=C\CCCC(=O)OCC(COC(=O)CCCCCCC/C=C\CCCC)OC(=O)CCCCCCC/C=C\C/C=C\CCCCC. The summed E-state index contributed by atoms with van der Waals surface area (Å²) in [6, 6.07) is 0. The Morgan fingerprint density at radius 2 is 0.672 bits per heavy atom. The zero-order valence-electron chi connectivity index (χ0n) is 39.4. The summed E-state index contributed by atoms with van der Waals surface area (Å²) in [6.07, 6.45) is 63.9. The summed E-state index contributed by atoms with van der Waals surface area (Å²) in [5.74, 6) is -0.997. The van der Waals surface area contributed by atoms with Crippen molar-refractivity contribution >= 4 is 17.9 Å². The van der Waals surface area contributed by atoms with Crippen molar-refractivity contribution in [2.75, 3.05) is 13.2 Å². The van der Waals surface area contributed by atoms with Gasteiger partial charge in [-0.3, -0.25) is 14.4 Å². The maximum atomic E-state index is 12.8. The lowest BCUT2D eigenvalue weighted by Crippen LogP contribution is -2.30. The first-order chi connectivity index (χ1) is 30.0. The lowest BCUT2D eigenvalue weighted by Gasteiger charge is -2.18. The van der Waals surface area contributed by atoms with Crippen LogP contribution in [0.5, 0.6) is 0 Å². The van der Waals surface area contributed by atoms with Gasteiger partial charge in [-0.25, -0.2) is 0 Å². The van der Waals surface area contributed by atoms with Crippen LogP contribution in [0.2, 0.25) is 0 Å². The highest BCUT2D eigenvalue weighted by Crippen LogP contribution is 2.12. The minimum atomic E-state index is -0.810. The van der Waals surface area contributed by atoms with Gasteiger partial charge in [0, 0.05) is 19.3 Å². The molecule has 6 heteroatoms. The molecule has 0 amide bonds. The largest absolute Gasteiger partial charge is 0.462 e. The number of unbranched alkanes of at least 4 members (excludes halogenated alkanes) is 16. The molecule has 0 aliphatic heterocycles. The van der Waals surface area contributed by atoms with E-state index in [1.165, 1.54) is 51.4 Å². The summed E-state index contributed by atoms with van der Waals surface area (Å²) in [5, 5.41) is 0. The van der Waals surface area contributed by atoms with E-state index in [9.17, 15) is 14.4 Å². The van der Waals surface area contributed by atoms with E-state index < -0.39 is 6.10 Å². The van der Waals surface area contributed by atoms with Crippen LogP contribution in [0.25, 0.3) is 0 Å². The number of carbonyl (C=O) groups is 3. The Balaban J connectivity index is 4.52. The molecular weight excluding hydrogens is 757 g/mol. The van der Waals surface area contributed by atoms with E-state index in [2.05, 4.69) is 118 Å². The van der Waals surface area contributed by atoms with Crippen LogP contribution in [0.4, 0.5) is 0 Å². The summed E-state index contributed by atoms with van der Waals surface area (Å²) in [7, 11) is 0. The Hall–Kier alpha value is -3.67. The molecule has 0 heterocycles. The molecule has 346 valence electrons. The number of carbonyl (C=O) groups excluding carboxylic acids is 3. The number of esters is 3. The molecule has 0 aliphatic carbocycles. The maximum Gasteiger partial charge on any atom is 0.306 e. The van der Waals surface area contributed by atoms with Crippen molar-refractivity contribution in [1.82, 2.24) is 0 Å². The van der Waals surface area contributed by atoms with E-state index in [0.29, 0.717) is 19.3 Å². The molecule has 0 aromatic heterocycles. The van der Waals surface area contributed by atoms with Crippen molar-refractivity contribution in [2.45, 2.75) is 219 Å². The molecule has 0 N–H and O–H groups in total. The van der Waals surface area contributed by atoms with E-state index in [1.807, 2.05) is 0 Å². The van der Waals surface area contributed by atoms with Crippen molar-refractivity contribution in [3.63, 3.8) is 0 Å². The monoisotopic (exact) mass is 847 g/mol. The first-order valence-electron chi connectivity index (χ1n) is 24.7. The van der Waals surface area contributed by atoms with E-state index in [1.54, 1.807) is 0 Å². The summed E-state index contributed by atoms with van der Waals surface area (Å²) < 4.78 is 16.7. The van der Waals surface area contributed by atoms with E-state index in [4.69, 9.17) is 14.2 Å². The number of rotatable bonds is 43. The first-order valence-corrected chi connectivity index (χ1v) is 24.7. The minimum absolute atomic E-state index is 0.107. The average molecular weight is 847 g/mol. The lowest BCUT2D eigenvalue weighted by molar-refractivity contribution is -0.167. The molecule has 0 aromatic carbocycles.